The largest absolute Gasteiger partial charge is 0.389 e. The molecule has 0 radical (unpaired) electrons. The monoisotopic (exact) mass is 369 g/mol. The van der Waals surface area contributed by atoms with Crippen molar-refractivity contribution in [1.29, 1.82) is 0 Å². The summed E-state index contributed by atoms with van der Waals surface area (Å²) in [6, 6.07) is 18.5. The van der Waals surface area contributed by atoms with Crippen LogP contribution >= 0.6 is 0 Å². The number of hydrogen-bond donors (Lipinski definition) is 1. The van der Waals surface area contributed by atoms with Crippen LogP contribution in [0.2, 0.25) is 0 Å². The van der Waals surface area contributed by atoms with Crippen molar-refractivity contribution >= 4 is 0 Å². The lowest BCUT2D eigenvalue weighted by Crippen LogP contribution is -2.39. The third-order valence-corrected chi connectivity index (χ3v) is 5.03. The summed E-state index contributed by atoms with van der Waals surface area (Å²) in [5, 5.41) is 10.5. The molecule has 1 N–H and O–H groups in total. The van der Waals surface area contributed by atoms with Crippen LogP contribution in [0.4, 0.5) is 0 Å². The molecule has 3 rings (SSSR count). The van der Waals surface area contributed by atoms with Crippen LogP contribution in [0.5, 0.6) is 0 Å². The van der Waals surface area contributed by atoms with E-state index in [0.29, 0.717) is 19.8 Å². The SMILES string of the molecule is Cc1ccccc1CN(C[C@H](O)COCc1ccccc1)C[C@H]1CCCO1. The Bertz CT molecular complexity index is 670. The van der Waals surface area contributed by atoms with Crippen LogP contribution in [0.15, 0.2) is 54.6 Å². The van der Waals surface area contributed by atoms with Gasteiger partial charge in [-0.2, -0.15) is 0 Å². The maximum absolute atomic E-state index is 10.5. The summed E-state index contributed by atoms with van der Waals surface area (Å²) in [6.45, 7) is 6.12. The molecule has 0 aliphatic carbocycles. The summed E-state index contributed by atoms with van der Waals surface area (Å²) >= 11 is 0. The van der Waals surface area contributed by atoms with E-state index >= 15 is 0 Å². The predicted molar refractivity (Wildman–Crippen MR) is 108 cm³/mol. The molecule has 1 aliphatic heterocycles. The molecule has 0 spiro atoms. The van der Waals surface area contributed by atoms with Crippen molar-refractivity contribution in [2.24, 2.45) is 0 Å². The van der Waals surface area contributed by atoms with E-state index in [1.54, 1.807) is 0 Å². The Hall–Kier alpha value is -1.72. The van der Waals surface area contributed by atoms with Crippen LogP contribution in [0.1, 0.15) is 29.5 Å². The summed E-state index contributed by atoms with van der Waals surface area (Å²) in [4.78, 5) is 2.30. The summed E-state index contributed by atoms with van der Waals surface area (Å²) in [7, 11) is 0. The van der Waals surface area contributed by atoms with E-state index in [2.05, 4.69) is 36.1 Å². The standard InChI is InChI=1S/C23H31NO3/c1-19-8-5-6-11-21(19)14-24(16-23-12-7-13-27-23)15-22(25)18-26-17-20-9-3-2-4-10-20/h2-6,8-11,22-23,25H,7,12-18H2,1H3/t22-,23+/m0/s1. The zero-order valence-electron chi connectivity index (χ0n) is 16.2. The Morgan fingerprint density at radius 1 is 1.15 bits per heavy atom. The maximum Gasteiger partial charge on any atom is 0.0900 e. The molecule has 1 heterocycles. The molecule has 27 heavy (non-hydrogen) atoms. The minimum atomic E-state index is -0.515. The van der Waals surface area contributed by atoms with Crippen molar-refractivity contribution in [3.8, 4) is 0 Å². The maximum atomic E-state index is 10.5. The third kappa shape index (κ3) is 6.74. The number of aliphatic hydroxyl groups excluding tert-OH is 1. The van der Waals surface area contributed by atoms with Crippen molar-refractivity contribution in [1.82, 2.24) is 4.90 Å². The first-order valence-electron chi connectivity index (χ1n) is 9.89. The molecule has 0 saturated carbocycles. The Balaban J connectivity index is 1.52. The molecule has 1 aliphatic rings. The van der Waals surface area contributed by atoms with E-state index in [-0.39, 0.29) is 6.10 Å². The molecular formula is C23H31NO3. The van der Waals surface area contributed by atoms with Crippen LogP contribution in [-0.2, 0) is 22.6 Å². The van der Waals surface area contributed by atoms with E-state index in [4.69, 9.17) is 9.47 Å². The van der Waals surface area contributed by atoms with Gasteiger partial charge < -0.3 is 14.6 Å². The summed E-state index contributed by atoms with van der Waals surface area (Å²) in [5.74, 6) is 0. The molecule has 4 nitrogen and oxygen atoms in total. The lowest BCUT2D eigenvalue weighted by Gasteiger charge is -2.28. The Morgan fingerprint density at radius 3 is 2.67 bits per heavy atom. The molecular weight excluding hydrogens is 338 g/mol. The minimum Gasteiger partial charge on any atom is -0.389 e. The molecule has 0 aromatic heterocycles. The second-order valence-electron chi connectivity index (χ2n) is 7.41. The summed E-state index contributed by atoms with van der Waals surface area (Å²) in [5.41, 5.74) is 3.71. The highest BCUT2D eigenvalue weighted by Crippen LogP contribution is 2.17. The molecule has 4 heteroatoms. The lowest BCUT2D eigenvalue weighted by atomic mass is 10.1. The number of nitrogens with zero attached hydrogens (tertiary/aromatic N) is 1. The van der Waals surface area contributed by atoms with Gasteiger partial charge in [0.15, 0.2) is 0 Å². The molecule has 1 fully saturated rings. The Morgan fingerprint density at radius 2 is 1.93 bits per heavy atom. The van der Waals surface area contributed by atoms with Gasteiger partial charge in [-0.15, -0.1) is 0 Å². The molecule has 0 bridgehead atoms. The molecule has 0 unspecified atom stereocenters. The molecule has 2 aromatic carbocycles. The highest BCUT2D eigenvalue weighted by molar-refractivity contribution is 5.25. The van der Waals surface area contributed by atoms with Crippen molar-refractivity contribution in [2.45, 2.75) is 45.1 Å². The molecule has 146 valence electrons. The lowest BCUT2D eigenvalue weighted by molar-refractivity contribution is -0.00291. The smallest absolute Gasteiger partial charge is 0.0900 e. The van der Waals surface area contributed by atoms with Gasteiger partial charge in [-0.05, 0) is 36.5 Å². The third-order valence-electron chi connectivity index (χ3n) is 5.03. The van der Waals surface area contributed by atoms with Gasteiger partial charge >= 0.3 is 0 Å². The zero-order chi connectivity index (χ0) is 18.9. The summed E-state index contributed by atoms with van der Waals surface area (Å²) < 4.78 is 11.5. The number of aryl methyl sites for hydroxylation is 1. The predicted octanol–water partition coefficient (Wildman–Crippen LogP) is 3.55. The van der Waals surface area contributed by atoms with Gasteiger partial charge in [0.2, 0.25) is 0 Å². The summed E-state index contributed by atoms with van der Waals surface area (Å²) in [6.07, 6.45) is 1.99. The number of benzene rings is 2. The number of ether oxygens (including phenoxy) is 2. The van der Waals surface area contributed by atoms with E-state index in [1.165, 1.54) is 11.1 Å². The normalized spacial score (nSPS) is 18.1. The number of rotatable bonds is 10. The zero-order valence-corrected chi connectivity index (χ0v) is 16.2. The Labute approximate surface area is 162 Å². The van der Waals surface area contributed by atoms with Crippen molar-refractivity contribution in [3.63, 3.8) is 0 Å². The second-order valence-corrected chi connectivity index (χ2v) is 7.41. The van der Waals surface area contributed by atoms with Crippen LogP contribution in [0.3, 0.4) is 0 Å². The first-order valence-corrected chi connectivity index (χ1v) is 9.89. The van der Waals surface area contributed by atoms with E-state index in [1.807, 2.05) is 30.3 Å². The Kier molecular flexibility index (Phi) is 7.84. The van der Waals surface area contributed by atoms with Crippen LogP contribution in [-0.4, -0.2) is 48.5 Å². The second kappa shape index (κ2) is 10.6. The van der Waals surface area contributed by atoms with Gasteiger partial charge in [0.05, 0.1) is 25.4 Å². The minimum absolute atomic E-state index is 0.270. The van der Waals surface area contributed by atoms with Crippen molar-refractivity contribution in [3.05, 3.63) is 71.3 Å². The van der Waals surface area contributed by atoms with Crippen molar-refractivity contribution < 1.29 is 14.6 Å². The first kappa shape index (κ1) is 20.0. The van der Waals surface area contributed by atoms with Crippen LogP contribution < -0.4 is 0 Å². The average molecular weight is 370 g/mol. The molecule has 0 amide bonds. The van der Waals surface area contributed by atoms with Gasteiger partial charge in [0.25, 0.3) is 0 Å². The quantitative estimate of drug-likeness (QED) is 0.695. The highest BCUT2D eigenvalue weighted by Gasteiger charge is 2.21. The van der Waals surface area contributed by atoms with Gasteiger partial charge in [0, 0.05) is 26.2 Å². The van der Waals surface area contributed by atoms with Gasteiger partial charge in [-0.1, -0.05) is 54.6 Å². The fourth-order valence-corrected chi connectivity index (χ4v) is 3.55. The van der Waals surface area contributed by atoms with Crippen molar-refractivity contribution in [2.75, 3.05) is 26.3 Å². The van der Waals surface area contributed by atoms with Gasteiger partial charge in [-0.25, -0.2) is 0 Å². The topological polar surface area (TPSA) is 41.9 Å². The van der Waals surface area contributed by atoms with E-state index in [0.717, 1.165) is 38.1 Å². The average Bonchev–Trinajstić information content (AvgIpc) is 3.17. The van der Waals surface area contributed by atoms with Gasteiger partial charge in [-0.3, -0.25) is 4.90 Å². The molecule has 2 atom stereocenters. The first-order chi connectivity index (χ1) is 13.2. The molecule has 2 aromatic rings. The van der Waals surface area contributed by atoms with E-state index < -0.39 is 6.10 Å². The highest BCUT2D eigenvalue weighted by atomic mass is 16.5. The fourth-order valence-electron chi connectivity index (χ4n) is 3.55. The number of hydrogen-bond acceptors (Lipinski definition) is 4. The fraction of sp³-hybridized carbons (Fsp3) is 0.478. The number of aliphatic hydroxyl groups is 1. The molecule has 1 saturated heterocycles. The van der Waals surface area contributed by atoms with Gasteiger partial charge in [0.1, 0.15) is 0 Å². The van der Waals surface area contributed by atoms with Crippen LogP contribution in [0.25, 0.3) is 0 Å². The van der Waals surface area contributed by atoms with Crippen LogP contribution in [0, 0.1) is 6.92 Å². The van der Waals surface area contributed by atoms with E-state index in [9.17, 15) is 5.11 Å².